The Hall–Kier alpha value is -3.35. The molecule has 0 saturated carbocycles. The zero-order valence-corrected chi connectivity index (χ0v) is 15.7. The minimum Gasteiger partial charge on any atom is -0.497 e. The number of benzene rings is 3. The molecule has 3 rings (SSSR count). The molecule has 0 aliphatic rings. The van der Waals surface area contributed by atoms with Gasteiger partial charge in [-0.05, 0) is 36.2 Å². The summed E-state index contributed by atoms with van der Waals surface area (Å²) >= 11 is 0. The first-order valence-corrected chi connectivity index (χ1v) is 8.56. The molecule has 0 saturated heterocycles. The van der Waals surface area contributed by atoms with Crippen molar-refractivity contribution < 1.29 is 33.3 Å². The van der Waals surface area contributed by atoms with Crippen LogP contribution in [0.15, 0.2) is 30.3 Å². The number of methoxy groups -OCH3 is 2. The van der Waals surface area contributed by atoms with Crippen LogP contribution in [0, 0.1) is 5.82 Å². The third-order valence-electron chi connectivity index (χ3n) is 4.47. The zero-order chi connectivity index (χ0) is 20.4. The smallest absolute Gasteiger partial charge is 0.308 e. The Kier molecular flexibility index (Phi) is 5.35. The fourth-order valence-electron chi connectivity index (χ4n) is 3.30. The number of hydrogen-bond donors (Lipinski definition) is 1. The highest BCUT2D eigenvalue weighted by molar-refractivity contribution is 6.10. The van der Waals surface area contributed by atoms with Gasteiger partial charge in [0.05, 0.1) is 19.6 Å². The topological polar surface area (TPSA) is 82.1 Å². The lowest BCUT2D eigenvalue weighted by Gasteiger charge is -2.17. The lowest BCUT2D eigenvalue weighted by Crippen LogP contribution is -2.05. The fraction of sp³-hybridized carbons (Fsp3) is 0.238. The van der Waals surface area contributed by atoms with Crippen molar-refractivity contribution in [1.82, 2.24) is 0 Å². The Labute approximate surface area is 160 Å². The van der Waals surface area contributed by atoms with Crippen LogP contribution in [-0.4, -0.2) is 31.3 Å². The number of rotatable bonds is 6. The van der Waals surface area contributed by atoms with Crippen LogP contribution in [0.4, 0.5) is 4.39 Å². The zero-order valence-electron chi connectivity index (χ0n) is 15.7. The number of carboxylic acids is 1. The van der Waals surface area contributed by atoms with E-state index in [0.717, 1.165) is 0 Å². The van der Waals surface area contributed by atoms with E-state index in [9.17, 15) is 9.59 Å². The fourth-order valence-corrected chi connectivity index (χ4v) is 3.30. The third-order valence-corrected chi connectivity index (χ3v) is 4.47. The van der Waals surface area contributed by atoms with Crippen LogP contribution in [0.5, 0.6) is 17.2 Å². The summed E-state index contributed by atoms with van der Waals surface area (Å²) in [4.78, 5) is 22.6. The molecular weight excluding hydrogens is 367 g/mol. The van der Waals surface area contributed by atoms with Gasteiger partial charge in [-0.15, -0.1) is 0 Å². The Bertz CT molecular complexity index is 1090. The van der Waals surface area contributed by atoms with Gasteiger partial charge in [-0.25, -0.2) is 4.39 Å². The van der Waals surface area contributed by atoms with Crippen LogP contribution in [0.2, 0.25) is 0 Å². The molecule has 3 aromatic rings. The van der Waals surface area contributed by atoms with Gasteiger partial charge in [0.15, 0.2) is 0 Å². The summed E-state index contributed by atoms with van der Waals surface area (Å²) in [6.07, 6.45) is -0.0433. The van der Waals surface area contributed by atoms with E-state index >= 15 is 4.39 Å². The second-order valence-electron chi connectivity index (χ2n) is 6.22. The molecule has 28 heavy (non-hydrogen) atoms. The molecule has 0 unspecified atom stereocenters. The molecule has 0 heterocycles. The largest absolute Gasteiger partial charge is 0.497 e. The molecule has 0 aliphatic carbocycles. The van der Waals surface area contributed by atoms with Crippen molar-refractivity contribution in [3.63, 3.8) is 0 Å². The van der Waals surface area contributed by atoms with Gasteiger partial charge in [-0.2, -0.15) is 0 Å². The van der Waals surface area contributed by atoms with Gasteiger partial charge in [-0.1, -0.05) is 6.07 Å². The number of hydrogen-bond acceptors (Lipinski definition) is 5. The molecule has 0 aromatic heterocycles. The van der Waals surface area contributed by atoms with Gasteiger partial charge in [0, 0.05) is 29.5 Å². The summed E-state index contributed by atoms with van der Waals surface area (Å²) in [7, 11) is 2.94. The number of halogens is 1. The molecule has 1 N–H and O–H groups in total. The van der Waals surface area contributed by atoms with E-state index in [4.69, 9.17) is 19.3 Å². The Morgan fingerprint density at radius 3 is 2.39 bits per heavy atom. The van der Waals surface area contributed by atoms with Crippen LogP contribution in [0.25, 0.3) is 21.5 Å². The van der Waals surface area contributed by atoms with Crippen LogP contribution >= 0.6 is 0 Å². The highest BCUT2D eigenvalue weighted by Gasteiger charge is 2.22. The Balaban J connectivity index is 2.45. The minimum atomic E-state index is -0.991. The molecule has 0 bridgehead atoms. The van der Waals surface area contributed by atoms with Crippen LogP contribution in [-0.2, 0) is 16.0 Å². The van der Waals surface area contributed by atoms with Crippen LogP contribution in [0.1, 0.15) is 18.9 Å². The Morgan fingerprint density at radius 2 is 1.79 bits per heavy atom. The number of carbonyl (C=O) groups is 2. The van der Waals surface area contributed by atoms with Crippen molar-refractivity contribution in [3.8, 4) is 17.2 Å². The number of esters is 1. The number of aliphatic carboxylic acids is 1. The Morgan fingerprint density at radius 1 is 1.04 bits per heavy atom. The maximum atomic E-state index is 15.5. The quantitative estimate of drug-likeness (QED) is 0.390. The predicted molar refractivity (Wildman–Crippen MR) is 102 cm³/mol. The minimum absolute atomic E-state index is 0.119. The van der Waals surface area contributed by atoms with Crippen LogP contribution in [0.3, 0.4) is 0 Å². The summed E-state index contributed by atoms with van der Waals surface area (Å²) < 4.78 is 31.6. The monoisotopic (exact) mass is 386 g/mol. The number of aryl methyl sites for hydroxylation is 1. The summed E-state index contributed by atoms with van der Waals surface area (Å²) in [5, 5.41) is 10.2. The van der Waals surface area contributed by atoms with Crippen molar-refractivity contribution >= 4 is 33.5 Å². The van der Waals surface area contributed by atoms with Gasteiger partial charge in [-0.3, -0.25) is 9.59 Å². The highest BCUT2D eigenvalue weighted by atomic mass is 19.1. The molecule has 0 aliphatic heterocycles. The van der Waals surface area contributed by atoms with E-state index in [2.05, 4.69) is 0 Å². The normalized spacial score (nSPS) is 10.9. The first-order valence-electron chi connectivity index (χ1n) is 8.56. The van der Waals surface area contributed by atoms with Gasteiger partial charge < -0.3 is 19.3 Å². The number of carbonyl (C=O) groups excluding carboxylic acids is 1. The highest BCUT2D eigenvalue weighted by Crippen LogP contribution is 2.44. The SMILES string of the molecule is COc1ccc2c(F)c3c(CCC(=O)O)ccc(OC(C)=O)c3c(OC)c2c1. The van der Waals surface area contributed by atoms with Crippen molar-refractivity contribution in [3.05, 3.63) is 41.7 Å². The summed E-state index contributed by atoms with van der Waals surface area (Å²) in [5.74, 6) is -1.12. The average molecular weight is 386 g/mol. The van der Waals surface area contributed by atoms with Gasteiger partial charge in [0.2, 0.25) is 0 Å². The second kappa shape index (κ2) is 7.72. The third kappa shape index (κ3) is 3.43. The molecule has 146 valence electrons. The van der Waals surface area contributed by atoms with Gasteiger partial charge in [0.25, 0.3) is 0 Å². The molecule has 0 fully saturated rings. The molecule has 0 atom stereocenters. The number of fused-ring (bicyclic) bond motifs is 2. The van der Waals surface area contributed by atoms with E-state index in [1.807, 2.05) is 0 Å². The van der Waals surface area contributed by atoms with Crippen molar-refractivity contribution in [2.24, 2.45) is 0 Å². The predicted octanol–water partition coefficient (Wildman–Crippen LogP) is 4.09. The molecule has 7 heteroatoms. The summed E-state index contributed by atoms with van der Waals surface area (Å²) in [6, 6.07) is 7.93. The molecule has 0 amide bonds. The first-order chi connectivity index (χ1) is 13.4. The van der Waals surface area contributed by atoms with Crippen molar-refractivity contribution in [2.45, 2.75) is 19.8 Å². The number of carboxylic acid groups (broad SMARTS) is 1. The van der Waals surface area contributed by atoms with E-state index in [-0.39, 0.29) is 29.4 Å². The average Bonchev–Trinajstić information content (AvgIpc) is 2.66. The molecular formula is C21H19FO6. The van der Waals surface area contributed by atoms with Crippen molar-refractivity contribution in [2.75, 3.05) is 14.2 Å². The van der Waals surface area contributed by atoms with Crippen molar-refractivity contribution in [1.29, 1.82) is 0 Å². The molecule has 0 radical (unpaired) electrons. The van der Waals surface area contributed by atoms with E-state index < -0.39 is 17.8 Å². The van der Waals surface area contributed by atoms with Gasteiger partial charge in [0.1, 0.15) is 23.1 Å². The molecule has 3 aromatic carbocycles. The molecule has 6 nitrogen and oxygen atoms in total. The lowest BCUT2D eigenvalue weighted by molar-refractivity contribution is -0.137. The van der Waals surface area contributed by atoms with E-state index in [1.54, 1.807) is 24.3 Å². The standard InChI is InChI=1S/C21H19FO6/c1-11(23)28-16-8-4-12(5-9-17(24)25)18-19(16)21(27-3)15-10-13(26-2)6-7-14(15)20(18)22/h4,6-8,10H,5,9H2,1-3H3,(H,24,25). The lowest BCUT2D eigenvalue weighted by atomic mass is 9.94. The maximum absolute atomic E-state index is 15.5. The maximum Gasteiger partial charge on any atom is 0.308 e. The second-order valence-corrected chi connectivity index (χ2v) is 6.22. The molecule has 0 spiro atoms. The van der Waals surface area contributed by atoms with Gasteiger partial charge >= 0.3 is 11.9 Å². The van der Waals surface area contributed by atoms with E-state index in [1.165, 1.54) is 27.2 Å². The first kappa shape index (κ1) is 19.4. The summed E-state index contributed by atoms with van der Waals surface area (Å²) in [5.41, 5.74) is 0.488. The summed E-state index contributed by atoms with van der Waals surface area (Å²) in [6.45, 7) is 1.25. The number of ether oxygens (including phenoxy) is 3. The van der Waals surface area contributed by atoms with E-state index in [0.29, 0.717) is 27.8 Å². The van der Waals surface area contributed by atoms with Crippen LogP contribution < -0.4 is 14.2 Å².